The Morgan fingerprint density at radius 3 is 2.88 bits per heavy atom. The smallest absolute Gasteiger partial charge is 0.410 e. The van der Waals surface area contributed by atoms with E-state index in [0.29, 0.717) is 24.6 Å². The van der Waals surface area contributed by atoms with Crippen molar-refractivity contribution in [2.24, 2.45) is 0 Å². The lowest BCUT2D eigenvalue weighted by Crippen LogP contribution is -2.39. The van der Waals surface area contributed by atoms with Crippen molar-refractivity contribution < 1.29 is 9.53 Å². The molecule has 1 aliphatic heterocycles. The van der Waals surface area contributed by atoms with Crippen LogP contribution in [0.3, 0.4) is 0 Å². The number of halogens is 2. The summed E-state index contributed by atoms with van der Waals surface area (Å²) in [4.78, 5) is 20.4. The molecule has 2 aromatic rings. The fraction of sp³-hybridized carbons (Fsp3) is 0.562. The zero-order valence-electron chi connectivity index (χ0n) is 15.2. The van der Waals surface area contributed by atoms with Crippen LogP contribution in [-0.2, 0) is 4.74 Å². The van der Waals surface area contributed by atoms with Crippen LogP contribution < -0.4 is 4.90 Å². The van der Waals surface area contributed by atoms with Gasteiger partial charge in [0, 0.05) is 38.4 Å². The predicted octanol–water partition coefficient (Wildman–Crippen LogP) is 4.32. The van der Waals surface area contributed by atoms with Gasteiger partial charge in [-0.25, -0.2) is 14.2 Å². The maximum Gasteiger partial charge on any atom is 0.410 e. The van der Waals surface area contributed by atoms with Gasteiger partial charge in [-0.1, -0.05) is 11.6 Å². The van der Waals surface area contributed by atoms with Crippen molar-refractivity contribution in [1.29, 1.82) is 0 Å². The van der Waals surface area contributed by atoms with E-state index in [0.717, 1.165) is 23.1 Å². The Balaban J connectivity index is 1.79. The Morgan fingerprint density at radius 2 is 2.23 bits per heavy atom. The zero-order chi connectivity index (χ0) is 19.1. The Bertz CT molecular complexity index is 825. The number of hydrogen-bond acceptors (Lipinski definition) is 5. The molecule has 3 heterocycles. The summed E-state index contributed by atoms with van der Waals surface area (Å²) in [5.74, 6) is 0.865. The van der Waals surface area contributed by atoms with E-state index in [2.05, 4.69) is 31.9 Å². The summed E-state index contributed by atoms with van der Waals surface area (Å²) in [6, 6.07) is 2.02. The quantitative estimate of drug-likeness (QED) is 0.350. The summed E-state index contributed by atoms with van der Waals surface area (Å²) in [5.41, 5.74) is 0.490. The highest BCUT2D eigenvalue weighted by molar-refractivity contribution is 14.2. The van der Waals surface area contributed by atoms with Crippen molar-refractivity contribution in [2.45, 2.75) is 38.8 Å². The highest BCUT2D eigenvalue weighted by Crippen LogP contribution is 2.35. The molecule has 0 N–H and O–H groups in total. The van der Waals surface area contributed by atoms with E-state index < -0.39 is 5.60 Å². The number of anilines is 1. The van der Waals surface area contributed by atoms with Crippen molar-refractivity contribution in [1.82, 2.24) is 19.4 Å². The van der Waals surface area contributed by atoms with Crippen LogP contribution in [-0.4, -0.2) is 57.3 Å². The van der Waals surface area contributed by atoms with Crippen molar-refractivity contribution in [3.05, 3.63) is 17.4 Å². The molecule has 0 aromatic carbocycles. The highest BCUT2D eigenvalue weighted by atomic mass is 127. The lowest BCUT2D eigenvalue weighted by Gasteiger charge is -2.26. The molecule has 142 valence electrons. The number of rotatable bonds is 3. The topological polar surface area (TPSA) is 63.5 Å². The average molecular weight is 510 g/mol. The molecular formula is C16H22ClIN5O2P. The first-order valence-electron chi connectivity index (χ1n) is 8.31. The van der Waals surface area contributed by atoms with E-state index in [4.69, 9.17) is 21.4 Å². The van der Waals surface area contributed by atoms with E-state index >= 15 is 0 Å². The Morgan fingerprint density at radius 1 is 1.50 bits per heavy atom. The van der Waals surface area contributed by atoms with Gasteiger partial charge in [0.1, 0.15) is 10.8 Å². The molecule has 0 aliphatic carbocycles. The first kappa shape index (κ1) is 19.9. The second kappa shape index (κ2) is 7.64. The summed E-state index contributed by atoms with van der Waals surface area (Å²) in [5, 5.41) is 6.16. The van der Waals surface area contributed by atoms with E-state index in [1.54, 1.807) is 11.1 Å². The average Bonchev–Trinajstić information content (AvgIpc) is 3.17. The van der Waals surface area contributed by atoms with Crippen LogP contribution >= 0.6 is 40.0 Å². The van der Waals surface area contributed by atoms with Crippen molar-refractivity contribution in [3.8, 4) is 0 Å². The number of amides is 1. The van der Waals surface area contributed by atoms with E-state index in [-0.39, 0.29) is 12.1 Å². The second-order valence-corrected chi connectivity index (χ2v) is 9.75. The molecule has 1 aliphatic rings. The van der Waals surface area contributed by atoms with Crippen LogP contribution in [0, 0.1) is 0 Å². The summed E-state index contributed by atoms with van der Waals surface area (Å²) >= 11 is 8.35. The highest BCUT2D eigenvalue weighted by Gasteiger charge is 2.33. The summed E-state index contributed by atoms with van der Waals surface area (Å²) < 4.78 is 7.42. The number of carbonyl (C=O) groups excluding carboxylic acids is 1. The molecule has 1 saturated heterocycles. The van der Waals surface area contributed by atoms with Crippen LogP contribution in [0.4, 0.5) is 10.6 Å². The molecule has 26 heavy (non-hydrogen) atoms. The number of aromatic nitrogens is 3. The Hall–Kier alpha value is -0.860. The van der Waals surface area contributed by atoms with Gasteiger partial charge < -0.3 is 14.5 Å². The van der Waals surface area contributed by atoms with E-state index in [1.165, 1.54) is 0 Å². The SMILES string of the molecule is CN(c1nn(PI)c2cc(Cl)ncc12)C1CCN(C(=O)OC(C)(C)C)C1. The first-order valence-corrected chi connectivity index (χ1v) is 12.7. The minimum atomic E-state index is -0.484. The molecule has 2 atom stereocenters. The van der Waals surface area contributed by atoms with Gasteiger partial charge in [-0.3, -0.25) is 0 Å². The van der Waals surface area contributed by atoms with Crippen LogP contribution in [0.1, 0.15) is 27.2 Å². The maximum absolute atomic E-state index is 12.3. The molecule has 2 unspecified atom stereocenters. The van der Waals surface area contributed by atoms with Crippen LogP contribution in [0.2, 0.25) is 5.15 Å². The molecule has 1 amide bonds. The normalized spacial score (nSPS) is 18.2. The van der Waals surface area contributed by atoms with E-state index in [1.807, 2.05) is 38.3 Å². The van der Waals surface area contributed by atoms with Gasteiger partial charge in [0.2, 0.25) is 0 Å². The minimum Gasteiger partial charge on any atom is -0.444 e. The number of ether oxygens (including phenoxy) is 1. The number of carbonyl (C=O) groups is 1. The predicted molar refractivity (Wildman–Crippen MR) is 115 cm³/mol. The number of likely N-dealkylation sites (tertiary alicyclic amines) is 1. The van der Waals surface area contributed by atoms with Crippen molar-refractivity contribution in [3.63, 3.8) is 0 Å². The van der Waals surface area contributed by atoms with Crippen LogP contribution in [0.15, 0.2) is 12.3 Å². The lowest BCUT2D eigenvalue weighted by atomic mass is 10.2. The summed E-state index contributed by atoms with van der Waals surface area (Å²) in [6.45, 7) is 6.94. The number of nitrogens with zero attached hydrogens (tertiary/aromatic N) is 5. The standard InChI is InChI=1S/C16H22ClIN5O2P/c1-16(2,3)25-15(24)22-6-5-10(9-22)21(4)14-11-8-19-13(17)7-12(11)23(20-14)26-18/h7-8,10,26H,5-6,9H2,1-4H3. The molecule has 0 saturated carbocycles. The summed E-state index contributed by atoms with van der Waals surface area (Å²) in [7, 11) is 2.01. The zero-order valence-corrected chi connectivity index (χ0v) is 19.1. The molecule has 1 fully saturated rings. The molecular weight excluding hydrogens is 488 g/mol. The Labute approximate surface area is 172 Å². The van der Waals surface area contributed by atoms with Crippen LogP contribution in [0.5, 0.6) is 0 Å². The van der Waals surface area contributed by atoms with Crippen molar-refractivity contribution in [2.75, 3.05) is 25.0 Å². The molecule has 7 nitrogen and oxygen atoms in total. The van der Waals surface area contributed by atoms with E-state index in [9.17, 15) is 4.79 Å². The van der Waals surface area contributed by atoms with Gasteiger partial charge >= 0.3 is 6.09 Å². The van der Waals surface area contributed by atoms with Gasteiger partial charge in [-0.2, -0.15) is 0 Å². The lowest BCUT2D eigenvalue weighted by molar-refractivity contribution is 0.0292. The molecule has 0 radical (unpaired) electrons. The number of hydrogen-bond donors (Lipinski definition) is 0. The summed E-state index contributed by atoms with van der Waals surface area (Å²) in [6.07, 6.45) is 2.85. The number of pyridine rings is 1. The van der Waals surface area contributed by atoms with Gasteiger partial charge in [0.15, 0.2) is 5.82 Å². The van der Waals surface area contributed by atoms with Gasteiger partial charge in [-0.05, 0) is 49.2 Å². The number of likely N-dealkylation sites (N-methyl/N-ethyl adjacent to an activating group) is 1. The largest absolute Gasteiger partial charge is 0.444 e. The molecule has 3 rings (SSSR count). The number of fused-ring (bicyclic) bond motifs is 1. The first-order chi connectivity index (χ1) is 12.2. The minimum absolute atomic E-state index is 0.183. The Kier molecular flexibility index (Phi) is 5.84. The fourth-order valence-electron chi connectivity index (χ4n) is 3.02. The van der Waals surface area contributed by atoms with Gasteiger partial charge in [0.25, 0.3) is 0 Å². The molecule has 0 bridgehead atoms. The third kappa shape index (κ3) is 4.17. The molecule has 2 aromatic heterocycles. The maximum atomic E-state index is 12.3. The second-order valence-electron chi connectivity index (χ2n) is 7.32. The van der Waals surface area contributed by atoms with Crippen molar-refractivity contribution >= 4 is 62.8 Å². The van der Waals surface area contributed by atoms with Gasteiger partial charge in [0.05, 0.1) is 17.3 Å². The molecule has 10 heteroatoms. The molecule has 0 spiro atoms. The fourth-order valence-corrected chi connectivity index (χ4v) is 4.68. The van der Waals surface area contributed by atoms with Crippen LogP contribution in [0.25, 0.3) is 10.9 Å². The van der Waals surface area contributed by atoms with Gasteiger partial charge in [-0.15, -0.1) is 5.10 Å². The monoisotopic (exact) mass is 509 g/mol. The third-order valence-corrected chi connectivity index (χ3v) is 6.37. The third-order valence-electron chi connectivity index (χ3n) is 4.29.